The minimum Gasteiger partial charge on any atom is -0.480 e. The van der Waals surface area contributed by atoms with Gasteiger partial charge in [-0.05, 0) is 12.2 Å². The Morgan fingerprint density at radius 3 is 2.62 bits per heavy atom. The smallest absolute Gasteiger partial charge is 0.326 e. The maximum Gasteiger partial charge on any atom is 0.326 e. The summed E-state index contributed by atoms with van der Waals surface area (Å²) in [7, 11) is 0. The van der Waals surface area contributed by atoms with Crippen molar-refractivity contribution >= 4 is 46.8 Å². The highest BCUT2D eigenvalue weighted by Gasteiger charge is 2.17. The van der Waals surface area contributed by atoms with Crippen molar-refractivity contribution in [1.82, 2.24) is 5.32 Å². The van der Waals surface area contributed by atoms with E-state index >= 15 is 0 Å². The van der Waals surface area contributed by atoms with E-state index in [-0.39, 0.29) is 5.91 Å². The Morgan fingerprint density at radius 1 is 1.56 bits per heavy atom. The third-order valence-electron chi connectivity index (χ3n) is 1.58. The number of carboxylic acid groups (broad SMARTS) is 1. The Morgan fingerprint density at radius 2 is 2.19 bits per heavy atom. The number of nitrogens with one attached hydrogen (secondary N) is 1. The van der Waals surface area contributed by atoms with Crippen LogP contribution in [0.4, 0.5) is 0 Å². The summed E-state index contributed by atoms with van der Waals surface area (Å²) < 4.78 is 0. The molecule has 0 heterocycles. The molecule has 1 unspecified atom stereocenters. The van der Waals surface area contributed by atoms with E-state index in [0.29, 0.717) is 23.0 Å². The Hall–Kier alpha value is -0.390. The SMILES string of the molecule is CC(=O)NC(CCSCC(Cl)=CCl)C(=O)O. The fourth-order valence-corrected chi connectivity index (χ4v) is 2.13. The number of hydrogen-bond donors (Lipinski definition) is 2. The summed E-state index contributed by atoms with van der Waals surface area (Å²) in [6.07, 6.45) is 0.353. The predicted octanol–water partition coefficient (Wildman–Crippen LogP) is 2.02. The Balaban J connectivity index is 3.85. The molecule has 0 radical (unpaired) electrons. The van der Waals surface area contributed by atoms with Crippen molar-refractivity contribution in [2.75, 3.05) is 11.5 Å². The second-order valence-electron chi connectivity index (χ2n) is 2.99. The molecule has 1 amide bonds. The largest absolute Gasteiger partial charge is 0.480 e. The molecule has 7 heteroatoms. The second kappa shape index (κ2) is 8.73. The first kappa shape index (κ1) is 15.6. The maximum atomic E-state index is 10.7. The predicted molar refractivity (Wildman–Crippen MR) is 67.0 cm³/mol. The first-order valence-corrected chi connectivity index (χ1v) is 6.46. The van der Waals surface area contributed by atoms with Crippen molar-refractivity contribution in [3.63, 3.8) is 0 Å². The van der Waals surface area contributed by atoms with Crippen LogP contribution in [0, 0.1) is 0 Å². The highest BCUT2D eigenvalue weighted by Crippen LogP contribution is 2.14. The third kappa shape index (κ3) is 7.84. The summed E-state index contributed by atoms with van der Waals surface area (Å²) in [5, 5.41) is 11.7. The van der Waals surface area contributed by atoms with Gasteiger partial charge in [-0.15, -0.1) is 0 Å². The molecule has 2 N–H and O–H groups in total. The number of carboxylic acids is 1. The summed E-state index contributed by atoms with van der Waals surface area (Å²) >= 11 is 12.5. The van der Waals surface area contributed by atoms with E-state index in [4.69, 9.17) is 28.3 Å². The summed E-state index contributed by atoms with van der Waals surface area (Å²) in [5.41, 5.74) is 1.27. The van der Waals surface area contributed by atoms with Crippen LogP contribution in [-0.4, -0.2) is 34.5 Å². The molecule has 0 aromatic carbocycles. The number of rotatable bonds is 7. The van der Waals surface area contributed by atoms with Gasteiger partial charge in [0.05, 0.1) is 0 Å². The molecule has 92 valence electrons. The molecule has 0 spiro atoms. The van der Waals surface area contributed by atoms with Crippen molar-refractivity contribution < 1.29 is 14.7 Å². The topological polar surface area (TPSA) is 66.4 Å². The van der Waals surface area contributed by atoms with Crippen LogP contribution in [0.25, 0.3) is 0 Å². The molecule has 0 aromatic heterocycles. The standard InChI is InChI=1S/C9H13Cl2NO3S/c1-6(13)12-8(9(14)15)2-3-16-5-7(11)4-10/h4,8H,2-3,5H2,1H3,(H,12,13)(H,14,15). The molecular weight excluding hydrogens is 273 g/mol. The van der Waals surface area contributed by atoms with Crippen molar-refractivity contribution in [3.8, 4) is 0 Å². The van der Waals surface area contributed by atoms with Crippen LogP contribution in [0.1, 0.15) is 13.3 Å². The van der Waals surface area contributed by atoms with E-state index in [1.54, 1.807) is 0 Å². The van der Waals surface area contributed by atoms with Gasteiger partial charge in [-0.1, -0.05) is 23.2 Å². The summed E-state index contributed by atoms with van der Waals surface area (Å²) in [6, 6.07) is -0.844. The summed E-state index contributed by atoms with van der Waals surface area (Å²) in [6.45, 7) is 1.29. The quantitative estimate of drug-likeness (QED) is 0.703. The monoisotopic (exact) mass is 285 g/mol. The van der Waals surface area contributed by atoms with Gasteiger partial charge in [0.15, 0.2) is 0 Å². The van der Waals surface area contributed by atoms with Crippen LogP contribution in [0.2, 0.25) is 0 Å². The molecule has 0 fully saturated rings. The minimum atomic E-state index is -1.03. The average Bonchev–Trinajstić information content (AvgIpc) is 2.21. The number of halogens is 2. The van der Waals surface area contributed by atoms with Gasteiger partial charge in [0.1, 0.15) is 6.04 Å². The molecular formula is C9H13Cl2NO3S. The van der Waals surface area contributed by atoms with Gasteiger partial charge in [0.25, 0.3) is 0 Å². The third-order valence-corrected chi connectivity index (χ3v) is 3.40. The van der Waals surface area contributed by atoms with Gasteiger partial charge in [0, 0.05) is 23.2 Å². The van der Waals surface area contributed by atoms with Gasteiger partial charge in [-0.3, -0.25) is 4.79 Å². The van der Waals surface area contributed by atoms with Crippen LogP contribution in [0.5, 0.6) is 0 Å². The van der Waals surface area contributed by atoms with E-state index in [1.165, 1.54) is 24.2 Å². The Bertz CT molecular complexity index is 284. The summed E-state index contributed by atoms with van der Waals surface area (Å²) in [5.74, 6) is -0.263. The van der Waals surface area contributed by atoms with E-state index in [2.05, 4.69) is 5.32 Å². The first-order valence-electron chi connectivity index (χ1n) is 4.49. The van der Waals surface area contributed by atoms with Crippen LogP contribution in [-0.2, 0) is 9.59 Å². The van der Waals surface area contributed by atoms with Crippen LogP contribution < -0.4 is 5.32 Å². The number of hydrogen-bond acceptors (Lipinski definition) is 3. The van der Waals surface area contributed by atoms with Crippen molar-refractivity contribution in [2.45, 2.75) is 19.4 Å². The molecule has 0 bridgehead atoms. The highest BCUT2D eigenvalue weighted by molar-refractivity contribution is 7.99. The van der Waals surface area contributed by atoms with Gasteiger partial charge < -0.3 is 10.4 Å². The van der Waals surface area contributed by atoms with Crippen molar-refractivity contribution in [1.29, 1.82) is 0 Å². The number of carbonyl (C=O) groups excluding carboxylic acids is 1. The molecule has 0 aliphatic rings. The maximum absolute atomic E-state index is 10.7. The van der Waals surface area contributed by atoms with Gasteiger partial charge in [-0.25, -0.2) is 4.79 Å². The fourth-order valence-electron chi connectivity index (χ4n) is 0.905. The molecule has 4 nitrogen and oxygen atoms in total. The van der Waals surface area contributed by atoms with Crippen molar-refractivity contribution in [2.24, 2.45) is 0 Å². The summed E-state index contributed by atoms with van der Waals surface area (Å²) in [4.78, 5) is 21.5. The minimum absolute atomic E-state index is 0.351. The zero-order chi connectivity index (χ0) is 12.6. The lowest BCUT2D eigenvalue weighted by molar-refractivity contribution is -0.141. The molecule has 0 saturated carbocycles. The van der Waals surface area contributed by atoms with Crippen molar-refractivity contribution in [3.05, 3.63) is 10.6 Å². The van der Waals surface area contributed by atoms with E-state index in [1.807, 2.05) is 0 Å². The molecule has 0 aromatic rings. The zero-order valence-electron chi connectivity index (χ0n) is 8.70. The lowest BCUT2D eigenvalue weighted by Crippen LogP contribution is -2.39. The van der Waals surface area contributed by atoms with E-state index in [9.17, 15) is 9.59 Å². The van der Waals surface area contributed by atoms with E-state index in [0.717, 1.165) is 0 Å². The average molecular weight is 286 g/mol. The molecule has 16 heavy (non-hydrogen) atoms. The zero-order valence-corrected chi connectivity index (χ0v) is 11.0. The lowest BCUT2D eigenvalue weighted by atomic mass is 10.2. The molecule has 0 rings (SSSR count). The number of aliphatic carboxylic acids is 1. The second-order valence-corrected chi connectivity index (χ2v) is 4.80. The molecule has 0 aliphatic carbocycles. The molecule has 0 saturated heterocycles. The highest BCUT2D eigenvalue weighted by atomic mass is 35.5. The van der Waals surface area contributed by atoms with E-state index < -0.39 is 12.0 Å². The Kier molecular flexibility index (Phi) is 8.51. The number of thioether (sulfide) groups is 1. The van der Waals surface area contributed by atoms with Crippen LogP contribution >= 0.6 is 35.0 Å². The number of amides is 1. The lowest BCUT2D eigenvalue weighted by Gasteiger charge is -2.12. The normalized spacial score (nSPS) is 13.3. The Labute approximate surface area is 108 Å². The molecule has 0 aliphatic heterocycles. The van der Waals surface area contributed by atoms with Crippen LogP contribution in [0.15, 0.2) is 10.6 Å². The van der Waals surface area contributed by atoms with Gasteiger partial charge in [-0.2, -0.15) is 11.8 Å². The van der Waals surface area contributed by atoms with Crippen LogP contribution in [0.3, 0.4) is 0 Å². The van der Waals surface area contributed by atoms with Gasteiger partial charge in [0.2, 0.25) is 5.91 Å². The fraction of sp³-hybridized carbons (Fsp3) is 0.556. The van der Waals surface area contributed by atoms with Gasteiger partial charge >= 0.3 is 5.97 Å². The first-order chi connectivity index (χ1) is 7.47. The molecule has 1 atom stereocenters. The number of carbonyl (C=O) groups is 2.